The lowest BCUT2D eigenvalue weighted by molar-refractivity contribution is -0.0565. The number of anilines is 1. The monoisotopic (exact) mass is 343 g/mol. The van der Waals surface area contributed by atoms with Crippen LogP contribution < -0.4 is 5.32 Å². The van der Waals surface area contributed by atoms with Crippen LogP contribution in [0.2, 0.25) is 0 Å². The summed E-state index contributed by atoms with van der Waals surface area (Å²) in [6.45, 7) is 5.63. The molecule has 4 heterocycles. The molecule has 1 spiro atoms. The zero-order valence-electron chi connectivity index (χ0n) is 14.4. The second kappa shape index (κ2) is 7.56. The van der Waals surface area contributed by atoms with Crippen molar-refractivity contribution in [2.45, 2.75) is 18.6 Å². The third kappa shape index (κ3) is 4.21. The molecule has 2 atom stereocenters. The van der Waals surface area contributed by atoms with Crippen LogP contribution in [-0.4, -0.2) is 54.9 Å². The molecule has 0 bridgehead atoms. The van der Waals surface area contributed by atoms with Crippen LogP contribution in [0.4, 0.5) is 5.82 Å². The van der Waals surface area contributed by atoms with Gasteiger partial charge < -0.3 is 19.2 Å². The minimum Gasteiger partial charge on any atom is -0.468 e. The van der Waals surface area contributed by atoms with Gasteiger partial charge in [0.1, 0.15) is 17.2 Å². The zero-order chi connectivity index (χ0) is 17.0. The maximum absolute atomic E-state index is 6.25. The molecule has 2 aliphatic heterocycles. The summed E-state index contributed by atoms with van der Waals surface area (Å²) in [5.74, 6) is 2.37. The van der Waals surface area contributed by atoms with Crippen LogP contribution in [-0.2, 0) is 16.0 Å². The van der Waals surface area contributed by atoms with Crippen LogP contribution in [0.3, 0.4) is 0 Å². The Morgan fingerprint density at radius 2 is 2.28 bits per heavy atom. The van der Waals surface area contributed by atoms with Gasteiger partial charge in [0.25, 0.3) is 0 Å². The molecule has 4 rings (SSSR count). The molecule has 2 fully saturated rings. The molecule has 2 aliphatic rings. The first kappa shape index (κ1) is 16.6. The molecule has 2 aromatic rings. The van der Waals surface area contributed by atoms with Gasteiger partial charge in [-0.2, -0.15) is 0 Å². The summed E-state index contributed by atoms with van der Waals surface area (Å²) in [4.78, 5) is 6.69. The molecule has 0 aliphatic carbocycles. The van der Waals surface area contributed by atoms with E-state index in [0.29, 0.717) is 12.5 Å². The van der Waals surface area contributed by atoms with Gasteiger partial charge >= 0.3 is 0 Å². The predicted molar refractivity (Wildman–Crippen MR) is 94.3 cm³/mol. The Bertz CT molecular complexity index is 649. The van der Waals surface area contributed by atoms with E-state index in [9.17, 15) is 0 Å². The Labute approximate surface area is 148 Å². The van der Waals surface area contributed by atoms with E-state index < -0.39 is 0 Å². The molecule has 2 saturated heterocycles. The fourth-order valence-corrected chi connectivity index (χ4v) is 3.74. The van der Waals surface area contributed by atoms with Gasteiger partial charge in [-0.1, -0.05) is 6.07 Å². The average Bonchev–Trinajstić information content (AvgIpc) is 3.23. The summed E-state index contributed by atoms with van der Waals surface area (Å²) < 4.78 is 17.6. The Morgan fingerprint density at radius 1 is 1.28 bits per heavy atom. The van der Waals surface area contributed by atoms with Crippen LogP contribution in [0.15, 0.2) is 47.2 Å². The largest absolute Gasteiger partial charge is 0.468 e. The lowest BCUT2D eigenvalue weighted by Crippen LogP contribution is -2.43. The van der Waals surface area contributed by atoms with Gasteiger partial charge in [0.2, 0.25) is 0 Å². The van der Waals surface area contributed by atoms with E-state index in [1.165, 1.54) is 0 Å². The molecular weight excluding hydrogens is 318 g/mol. The number of hydrogen-bond donors (Lipinski definition) is 1. The highest BCUT2D eigenvalue weighted by Gasteiger charge is 2.43. The Morgan fingerprint density at radius 3 is 3.12 bits per heavy atom. The van der Waals surface area contributed by atoms with Crippen molar-refractivity contribution in [3.63, 3.8) is 0 Å². The lowest BCUT2D eigenvalue weighted by Gasteiger charge is -2.30. The topological polar surface area (TPSA) is 59.8 Å². The van der Waals surface area contributed by atoms with E-state index in [0.717, 1.165) is 57.4 Å². The van der Waals surface area contributed by atoms with Crippen molar-refractivity contribution in [3.8, 4) is 0 Å². The third-order valence-corrected chi connectivity index (χ3v) is 4.91. The third-order valence-electron chi connectivity index (χ3n) is 4.91. The number of rotatable bonds is 5. The zero-order valence-corrected chi connectivity index (χ0v) is 14.4. The molecule has 2 aromatic heterocycles. The minimum absolute atomic E-state index is 0.209. The number of ether oxygens (including phenoxy) is 2. The molecule has 0 saturated carbocycles. The summed E-state index contributed by atoms with van der Waals surface area (Å²) in [7, 11) is 0. The quantitative estimate of drug-likeness (QED) is 0.900. The van der Waals surface area contributed by atoms with Crippen molar-refractivity contribution in [1.82, 2.24) is 9.88 Å². The van der Waals surface area contributed by atoms with Gasteiger partial charge in [-0.3, -0.25) is 4.90 Å². The maximum Gasteiger partial charge on any atom is 0.125 e. The highest BCUT2D eigenvalue weighted by Crippen LogP contribution is 2.33. The number of pyridine rings is 1. The van der Waals surface area contributed by atoms with Crippen LogP contribution in [0.5, 0.6) is 0 Å². The van der Waals surface area contributed by atoms with E-state index in [1.54, 1.807) is 12.5 Å². The van der Waals surface area contributed by atoms with Crippen LogP contribution in [0, 0.1) is 5.92 Å². The highest BCUT2D eigenvalue weighted by molar-refractivity contribution is 5.33. The minimum atomic E-state index is -0.209. The first-order chi connectivity index (χ1) is 12.3. The Kier molecular flexibility index (Phi) is 5.01. The van der Waals surface area contributed by atoms with Crippen molar-refractivity contribution >= 4 is 5.82 Å². The van der Waals surface area contributed by atoms with Crippen molar-refractivity contribution < 1.29 is 13.9 Å². The summed E-state index contributed by atoms with van der Waals surface area (Å²) in [6.07, 6.45) is 4.53. The van der Waals surface area contributed by atoms with Gasteiger partial charge in [0.05, 0.1) is 32.6 Å². The molecule has 134 valence electrons. The Balaban J connectivity index is 1.34. The number of hydrogen-bond acceptors (Lipinski definition) is 6. The molecule has 0 amide bonds. The fourth-order valence-electron chi connectivity index (χ4n) is 3.74. The molecule has 6 heteroatoms. The fraction of sp³-hybridized carbons (Fsp3) is 0.526. The number of aromatic nitrogens is 1. The number of nitrogens with zero attached hydrogens (tertiary/aromatic N) is 2. The summed E-state index contributed by atoms with van der Waals surface area (Å²) in [6, 6.07) is 9.87. The second-order valence-electron chi connectivity index (χ2n) is 7.00. The van der Waals surface area contributed by atoms with Crippen LogP contribution >= 0.6 is 0 Å². The second-order valence-corrected chi connectivity index (χ2v) is 7.00. The smallest absolute Gasteiger partial charge is 0.125 e. The molecule has 1 N–H and O–H groups in total. The summed E-state index contributed by atoms with van der Waals surface area (Å²) in [5.41, 5.74) is -0.209. The first-order valence-electron chi connectivity index (χ1n) is 8.93. The standard InChI is InChI=1S/C19H25N3O3/c1-2-6-20-18(5-1)21-11-16-10-19(25-13-16)14-22(7-9-23-15-19)12-17-4-3-8-24-17/h1-6,8,16H,7,9-15H2,(H,20,21). The van der Waals surface area contributed by atoms with E-state index in [-0.39, 0.29) is 5.60 Å². The molecule has 6 nitrogen and oxygen atoms in total. The Hall–Kier alpha value is -1.89. The van der Waals surface area contributed by atoms with Gasteiger partial charge in [0.15, 0.2) is 0 Å². The lowest BCUT2D eigenvalue weighted by atomic mass is 9.94. The number of furan rings is 1. The van der Waals surface area contributed by atoms with E-state index >= 15 is 0 Å². The number of nitrogens with one attached hydrogen (secondary N) is 1. The van der Waals surface area contributed by atoms with Gasteiger partial charge in [-0.15, -0.1) is 0 Å². The predicted octanol–water partition coefficient (Wildman–Crippen LogP) is 2.39. The molecular formula is C19H25N3O3. The molecule has 0 aromatic carbocycles. The molecule has 2 unspecified atom stereocenters. The van der Waals surface area contributed by atoms with Gasteiger partial charge in [0, 0.05) is 31.7 Å². The van der Waals surface area contributed by atoms with E-state index in [1.807, 2.05) is 30.3 Å². The van der Waals surface area contributed by atoms with Crippen molar-refractivity contribution in [3.05, 3.63) is 48.6 Å². The van der Waals surface area contributed by atoms with Crippen molar-refractivity contribution in [1.29, 1.82) is 0 Å². The summed E-state index contributed by atoms with van der Waals surface area (Å²) >= 11 is 0. The average molecular weight is 343 g/mol. The SMILES string of the molecule is c1ccc(NCC2COC3(COCCN(Cc4ccco4)C3)C2)nc1. The normalized spacial score (nSPS) is 27.4. The van der Waals surface area contributed by atoms with Gasteiger partial charge in [-0.05, 0) is 30.7 Å². The van der Waals surface area contributed by atoms with Gasteiger partial charge in [-0.25, -0.2) is 4.98 Å². The molecule has 0 radical (unpaired) electrons. The van der Waals surface area contributed by atoms with E-state index in [2.05, 4.69) is 15.2 Å². The van der Waals surface area contributed by atoms with Crippen molar-refractivity contribution in [2.75, 3.05) is 44.8 Å². The summed E-state index contributed by atoms with van der Waals surface area (Å²) in [5, 5.41) is 3.41. The van der Waals surface area contributed by atoms with Crippen LogP contribution in [0.25, 0.3) is 0 Å². The van der Waals surface area contributed by atoms with Crippen LogP contribution in [0.1, 0.15) is 12.2 Å². The first-order valence-corrected chi connectivity index (χ1v) is 8.93. The highest BCUT2D eigenvalue weighted by atomic mass is 16.5. The molecule has 25 heavy (non-hydrogen) atoms. The van der Waals surface area contributed by atoms with Crippen molar-refractivity contribution in [2.24, 2.45) is 5.92 Å². The van der Waals surface area contributed by atoms with E-state index in [4.69, 9.17) is 13.9 Å². The maximum atomic E-state index is 6.25.